The van der Waals surface area contributed by atoms with Crippen molar-refractivity contribution in [1.82, 2.24) is 4.98 Å². The third-order valence-corrected chi connectivity index (χ3v) is 1.67. The van der Waals surface area contributed by atoms with Gasteiger partial charge in [0.15, 0.2) is 0 Å². The molecule has 1 heterocycles. The van der Waals surface area contributed by atoms with Gasteiger partial charge in [-0.05, 0) is 32.9 Å². The first-order valence-corrected chi connectivity index (χ1v) is 4.79. The summed E-state index contributed by atoms with van der Waals surface area (Å²) in [5.74, 6) is -0.457. The minimum Gasteiger partial charge on any atom is -0.459 e. The van der Waals surface area contributed by atoms with E-state index >= 15 is 0 Å². The van der Waals surface area contributed by atoms with Crippen LogP contribution < -0.4 is 5.73 Å². The maximum absolute atomic E-state index is 11.6. The fraction of sp³-hybridized carbons (Fsp3) is 0.455. The third kappa shape index (κ3) is 3.67. The van der Waals surface area contributed by atoms with E-state index in [2.05, 4.69) is 4.98 Å². The molecule has 15 heavy (non-hydrogen) atoms. The highest BCUT2D eigenvalue weighted by molar-refractivity contribution is 5.77. The summed E-state index contributed by atoms with van der Waals surface area (Å²) in [6.07, 6.45) is 1.60. The van der Waals surface area contributed by atoms with Gasteiger partial charge in [0.1, 0.15) is 11.6 Å². The highest BCUT2D eigenvalue weighted by atomic mass is 16.6. The molecule has 0 aliphatic rings. The van der Waals surface area contributed by atoms with Gasteiger partial charge in [-0.15, -0.1) is 0 Å². The SMILES string of the molecule is CC(C)(C)OC(=O)[C@H](N)c1ccccn1. The maximum atomic E-state index is 11.6. The van der Waals surface area contributed by atoms with Crippen LogP contribution in [0.2, 0.25) is 0 Å². The van der Waals surface area contributed by atoms with Gasteiger partial charge in [0, 0.05) is 6.20 Å². The first kappa shape index (κ1) is 11.7. The van der Waals surface area contributed by atoms with E-state index in [1.165, 1.54) is 0 Å². The predicted octanol–water partition coefficient (Wildman–Crippen LogP) is 1.42. The Morgan fingerprint density at radius 2 is 2.13 bits per heavy atom. The topological polar surface area (TPSA) is 65.2 Å². The highest BCUT2D eigenvalue weighted by Gasteiger charge is 2.23. The summed E-state index contributed by atoms with van der Waals surface area (Å²) >= 11 is 0. The van der Waals surface area contributed by atoms with Gasteiger partial charge in [0.2, 0.25) is 0 Å². The normalized spacial score (nSPS) is 13.3. The Labute approximate surface area is 89.5 Å². The molecule has 2 N–H and O–H groups in total. The number of esters is 1. The van der Waals surface area contributed by atoms with E-state index in [1.54, 1.807) is 45.2 Å². The fourth-order valence-corrected chi connectivity index (χ4v) is 1.05. The molecule has 0 radical (unpaired) electrons. The second-order valence-corrected chi connectivity index (χ2v) is 4.27. The van der Waals surface area contributed by atoms with E-state index in [9.17, 15) is 4.79 Å². The van der Waals surface area contributed by atoms with Crippen molar-refractivity contribution in [3.63, 3.8) is 0 Å². The van der Waals surface area contributed by atoms with Crippen LogP contribution in [0.5, 0.6) is 0 Å². The molecule has 0 bridgehead atoms. The minimum absolute atomic E-state index is 0.457. The van der Waals surface area contributed by atoms with Crippen molar-refractivity contribution >= 4 is 5.97 Å². The van der Waals surface area contributed by atoms with Crippen LogP contribution in [0.1, 0.15) is 32.5 Å². The molecule has 0 aliphatic carbocycles. The number of carbonyl (C=O) groups is 1. The Kier molecular flexibility index (Phi) is 3.42. The number of nitrogens with zero attached hydrogens (tertiary/aromatic N) is 1. The van der Waals surface area contributed by atoms with E-state index in [1.807, 2.05) is 0 Å². The van der Waals surface area contributed by atoms with E-state index in [-0.39, 0.29) is 0 Å². The Morgan fingerprint density at radius 3 is 2.60 bits per heavy atom. The molecule has 1 aromatic rings. The second kappa shape index (κ2) is 4.40. The van der Waals surface area contributed by atoms with Crippen LogP contribution in [0, 0.1) is 0 Å². The standard InChI is InChI=1S/C11H16N2O2/c1-11(2,3)15-10(14)9(12)8-6-4-5-7-13-8/h4-7,9H,12H2,1-3H3/t9-/m1/s1. The van der Waals surface area contributed by atoms with Crippen LogP contribution in [-0.2, 0) is 9.53 Å². The molecular formula is C11H16N2O2. The first-order valence-electron chi connectivity index (χ1n) is 4.79. The summed E-state index contributed by atoms with van der Waals surface area (Å²) in [7, 11) is 0. The monoisotopic (exact) mass is 208 g/mol. The van der Waals surface area contributed by atoms with Crippen molar-refractivity contribution < 1.29 is 9.53 Å². The van der Waals surface area contributed by atoms with Crippen molar-refractivity contribution in [3.8, 4) is 0 Å². The molecule has 0 amide bonds. The van der Waals surface area contributed by atoms with Gasteiger partial charge >= 0.3 is 5.97 Å². The van der Waals surface area contributed by atoms with Crippen LogP contribution in [-0.4, -0.2) is 16.6 Å². The number of hydrogen-bond donors (Lipinski definition) is 1. The molecule has 0 aliphatic heterocycles. The summed E-state index contributed by atoms with van der Waals surface area (Å²) in [5.41, 5.74) is 5.70. The Hall–Kier alpha value is -1.42. The summed E-state index contributed by atoms with van der Waals surface area (Å²) in [4.78, 5) is 15.6. The Balaban J connectivity index is 2.70. The minimum atomic E-state index is -0.814. The van der Waals surface area contributed by atoms with Gasteiger partial charge in [0.05, 0.1) is 5.69 Å². The molecule has 1 atom stereocenters. The van der Waals surface area contributed by atoms with Gasteiger partial charge < -0.3 is 10.5 Å². The molecule has 4 heteroatoms. The number of hydrogen-bond acceptors (Lipinski definition) is 4. The van der Waals surface area contributed by atoms with E-state index in [0.29, 0.717) is 5.69 Å². The zero-order chi connectivity index (χ0) is 11.5. The molecule has 4 nitrogen and oxygen atoms in total. The number of nitrogens with two attached hydrogens (primary N) is 1. The van der Waals surface area contributed by atoms with Crippen molar-refractivity contribution in [2.24, 2.45) is 5.73 Å². The Morgan fingerprint density at radius 1 is 1.47 bits per heavy atom. The zero-order valence-corrected chi connectivity index (χ0v) is 9.23. The lowest BCUT2D eigenvalue weighted by atomic mass is 10.1. The molecule has 0 saturated carbocycles. The molecule has 82 valence electrons. The molecule has 1 aromatic heterocycles. The lowest BCUT2D eigenvalue weighted by Crippen LogP contribution is -2.31. The Bertz CT molecular complexity index is 330. The van der Waals surface area contributed by atoms with Gasteiger partial charge in [-0.3, -0.25) is 4.98 Å². The van der Waals surface area contributed by atoms with Crippen LogP contribution in [0.25, 0.3) is 0 Å². The number of aromatic nitrogens is 1. The summed E-state index contributed by atoms with van der Waals surface area (Å²) in [6.45, 7) is 5.40. The van der Waals surface area contributed by atoms with Gasteiger partial charge in [-0.25, -0.2) is 4.79 Å². The number of pyridine rings is 1. The first-order chi connectivity index (χ1) is 6.90. The molecule has 0 fully saturated rings. The van der Waals surface area contributed by atoms with Crippen LogP contribution >= 0.6 is 0 Å². The van der Waals surface area contributed by atoms with Crippen molar-refractivity contribution in [2.45, 2.75) is 32.4 Å². The molecule has 0 unspecified atom stereocenters. The lowest BCUT2D eigenvalue weighted by molar-refractivity contribution is -0.156. The van der Waals surface area contributed by atoms with Crippen molar-refractivity contribution in [2.75, 3.05) is 0 Å². The number of carbonyl (C=O) groups excluding carboxylic acids is 1. The predicted molar refractivity (Wildman–Crippen MR) is 57.0 cm³/mol. The summed E-state index contributed by atoms with van der Waals surface area (Å²) in [5, 5.41) is 0. The fourth-order valence-electron chi connectivity index (χ4n) is 1.05. The number of ether oxygens (including phenoxy) is 1. The maximum Gasteiger partial charge on any atom is 0.329 e. The molecule has 1 rings (SSSR count). The van der Waals surface area contributed by atoms with Crippen molar-refractivity contribution in [1.29, 1.82) is 0 Å². The zero-order valence-electron chi connectivity index (χ0n) is 9.23. The molecule has 0 aromatic carbocycles. The largest absolute Gasteiger partial charge is 0.459 e. The van der Waals surface area contributed by atoms with Crippen LogP contribution in [0.4, 0.5) is 0 Å². The number of rotatable bonds is 2. The third-order valence-electron chi connectivity index (χ3n) is 1.67. The average Bonchev–Trinajstić information content (AvgIpc) is 2.15. The average molecular weight is 208 g/mol. The molecule has 0 saturated heterocycles. The summed E-state index contributed by atoms with van der Waals surface area (Å²) in [6, 6.07) is 4.44. The highest BCUT2D eigenvalue weighted by Crippen LogP contribution is 2.14. The van der Waals surface area contributed by atoms with E-state index in [0.717, 1.165) is 0 Å². The quantitative estimate of drug-likeness (QED) is 0.746. The second-order valence-electron chi connectivity index (χ2n) is 4.27. The summed E-state index contributed by atoms with van der Waals surface area (Å²) < 4.78 is 5.15. The smallest absolute Gasteiger partial charge is 0.329 e. The van der Waals surface area contributed by atoms with E-state index in [4.69, 9.17) is 10.5 Å². The lowest BCUT2D eigenvalue weighted by Gasteiger charge is -2.21. The van der Waals surface area contributed by atoms with Gasteiger partial charge in [-0.2, -0.15) is 0 Å². The van der Waals surface area contributed by atoms with Gasteiger partial charge in [-0.1, -0.05) is 6.07 Å². The van der Waals surface area contributed by atoms with E-state index < -0.39 is 17.6 Å². The molecule has 0 spiro atoms. The van der Waals surface area contributed by atoms with Crippen LogP contribution in [0.3, 0.4) is 0 Å². The van der Waals surface area contributed by atoms with Crippen molar-refractivity contribution in [3.05, 3.63) is 30.1 Å². The molecular weight excluding hydrogens is 192 g/mol. The van der Waals surface area contributed by atoms with Gasteiger partial charge in [0.25, 0.3) is 0 Å². The van der Waals surface area contributed by atoms with Crippen LogP contribution in [0.15, 0.2) is 24.4 Å².